The van der Waals surface area contributed by atoms with E-state index in [1.165, 1.54) is 0 Å². The number of nitrogens with zero attached hydrogens (tertiary/aromatic N) is 1. The smallest absolute Gasteiger partial charge is 0.409 e. The van der Waals surface area contributed by atoms with Crippen LogP contribution < -0.4 is 11.1 Å². The molecule has 0 atom stereocenters. The Hall–Kier alpha value is -2.28. The van der Waals surface area contributed by atoms with Gasteiger partial charge in [-0.1, -0.05) is 18.7 Å². The van der Waals surface area contributed by atoms with Gasteiger partial charge in [0, 0.05) is 19.6 Å². The molecule has 7 heteroatoms. The lowest BCUT2D eigenvalue weighted by molar-refractivity contribution is -0.274. The van der Waals surface area contributed by atoms with E-state index >= 15 is 0 Å². The van der Waals surface area contributed by atoms with E-state index in [0.717, 1.165) is 57.2 Å². The Labute approximate surface area is 161 Å². The van der Waals surface area contributed by atoms with Crippen LogP contribution in [0, 0.1) is 5.92 Å². The molecule has 7 nitrogen and oxygen atoms in total. The lowest BCUT2D eigenvalue weighted by Crippen LogP contribution is -2.38. The second-order valence-electron chi connectivity index (χ2n) is 7.05. The van der Waals surface area contributed by atoms with E-state index in [9.17, 15) is 9.59 Å². The highest BCUT2D eigenvalue weighted by Gasteiger charge is 2.26. The van der Waals surface area contributed by atoms with Crippen molar-refractivity contribution in [2.24, 2.45) is 5.92 Å². The summed E-state index contributed by atoms with van der Waals surface area (Å²) in [6, 6.07) is 0. The van der Waals surface area contributed by atoms with Gasteiger partial charge in [0.2, 0.25) is 0 Å². The van der Waals surface area contributed by atoms with Crippen LogP contribution >= 0.6 is 0 Å². The zero-order valence-electron chi connectivity index (χ0n) is 16.0. The summed E-state index contributed by atoms with van der Waals surface area (Å²) < 4.78 is 10.9. The summed E-state index contributed by atoms with van der Waals surface area (Å²) in [5, 5.41) is 2.74. The predicted molar refractivity (Wildman–Crippen MR) is 103 cm³/mol. The minimum Gasteiger partial charge on any atom is -0.449 e. The number of likely N-dealkylation sites (tertiary alicyclic amines) is 1. The average Bonchev–Trinajstić information content (AvgIpc) is 3.22. The Morgan fingerprint density at radius 1 is 1.19 bits per heavy atom. The summed E-state index contributed by atoms with van der Waals surface area (Å²) in [6.07, 6.45) is 11.8. The summed E-state index contributed by atoms with van der Waals surface area (Å²) in [7, 11) is 0. The maximum atomic E-state index is 11.9. The number of quaternary nitrogens is 1. The van der Waals surface area contributed by atoms with E-state index in [2.05, 4.69) is 17.6 Å². The molecule has 1 saturated carbocycles. The van der Waals surface area contributed by atoms with Gasteiger partial charge in [-0.25, -0.2) is 9.59 Å². The van der Waals surface area contributed by atoms with Crippen molar-refractivity contribution in [3.8, 4) is 0 Å². The summed E-state index contributed by atoms with van der Waals surface area (Å²) in [5.74, 6) is 0.351. The van der Waals surface area contributed by atoms with Gasteiger partial charge in [-0.15, -0.1) is 0 Å². The first-order chi connectivity index (χ1) is 13.1. The van der Waals surface area contributed by atoms with E-state index in [-0.39, 0.29) is 12.2 Å². The second kappa shape index (κ2) is 11.4. The van der Waals surface area contributed by atoms with Crippen molar-refractivity contribution >= 4 is 12.2 Å². The molecule has 0 aromatic carbocycles. The van der Waals surface area contributed by atoms with Crippen LogP contribution in [0.5, 0.6) is 0 Å². The fourth-order valence-electron chi connectivity index (χ4n) is 3.35. The van der Waals surface area contributed by atoms with Crippen LogP contribution in [0.1, 0.15) is 38.5 Å². The molecule has 0 aromatic heterocycles. The van der Waals surface area contributed by atoms with Crippen LogP contribution in [0.4, 0.5) is 9.59 Å². The molecule has 0 bridgehead atoms. The monoisotopic (exact) mass is 378 g/mol. The van der Waals surface area contributed by atoms with E-state index in [4.69, 9.17) is 9.47 Å². The first kappa shape index (κ1) is 21.0. The lowest BCUT2D eigenvalue weighted by Gasteiger charge is -2.28. The number of amides is 2. The van der Waals surface area contributed by atoms with Crippen LogP contribution in [-0.4, -0.2) is 49.4 Å². The molecule has 2 rings (SSSR count). The first-order valence-electron chi connectivity index (χ1n) is 9.76. The van der Waals surface area contributed by atoms with Gasteiger partial charge in [0.15, 0.2) is 0 Å². The number of hydrogen-bond donors (Lipinski definition) is 2. The fourth-order valence-corrected chi connectivity index (χ4v) is 3.35. The maximum Gasteiger partial charge on any atom is 0.409 e. The Morgan fingerprint density at radius 3 is 2.52 bits per heavy atom. The summed E-state index contributed by atoms with van der Waals surface area (Å²) in [5.41, 5.74) is 4.50. The number of rotatable bonds is 7. The molecule has 1 saturated heterocycles. The average molecular weight is 378 g/mol. The highest BCUT2D eigenvalue weighted by atomic mass is 16.6. The van der Waals surface area contributed by atoms with Gasteiger partial charge in [0.05, 0.1) is 12.8 Å². The molecule has 150 valence electrons. The molecule has 1 heterocycles. The van der Waals surface area contributed by atoms with Gasteiger partial charge in [-0.2, -0.15) is 0 Å². The van der Waals surface area contributed by atoms with Gasteiger partial charge in [-0.05, 0) is 56.1 Å². The molecule has 0 radical (unpaired) electrons. The largest absolute Gasteiger partial charge is 0.449 e. The number of hydrogen-bond acceptors (Lipinski definition) is 4. The van der Waals surface area contributed by atoms with E-state index in [1.54, 1.807) is 23.3 Å². The number of nitrogens with one attached hydrogen (secondary N) is 1. The van der Waals surface area contributed by atoms with Crippen molar-refractivity contribution < 1.29 is 24.8 Å². The van der Waals surface area contributed by atoms with Crippen LogP contribution in [-0.2, 0) is 9.47 Å². The van der Waals surface area contributed by atoms with Gasteiger partial charge in [0.1, 0.15) is 6.10 Å². The summed E-state index contributed by atoms with van der Waals surface area (Å²) in [6.45, 7) is 6.16. The number of carbonyl (C=O) groups excluding carboxylic acids is 2. The number of carbonyl (C=O) groups is 2. The van der Waals surface area contributed by atoms with Gasteiger partial charge >= 0.3 is 12.2 Å². The lowest BCUT2D eigenvalue weighted by atomic mass is 9.88. The Morgan fingerprint density at radius 2 is 1.89 bits per heavy atom. The summed E-state index contributed by atoms with van der Waals surface area (Å²) in [4.78, 5) is 25.6. The molecule has 2 fully saturated rings. The number of ether oxygens (including phenoxy) is 2. The van der Waals surface area contributed by atoms with Gasteiger partial charge in [0.25, 0.3) is 0 Å². The minimum atomic E-state index is -0.412. The molecule has 1 aliphatic heterocycles. The van der Waals surface area contributed by atoms with E-state index in [0.29, 0.717) is 19.1 Å². The third-order valence-corrected chi connectivity index (χ3v) is 5.02. The molecule has 2 aliphatic rings. The Bertz CT molecular complexity index is 560. The first-order valence-corrected chi connectivity index (χ1v) is 9.76. The molecule has 0 unspecified atom stereocenters. The third-order valence-electron chi connectivity index (χ3n) is 5.02. The standard InChI is InChI=1S/C20H31N3O4/c1-2-16(6-5-11-21)14-22-19(24)27-18-9-7-17(8-10-18)15-26-20(25)23-12-3-4-13-23/h2,5-6,11,17-18H,1,3-4,7-10,12-15,21H2,(H,22,24)/p+1. The van der Waals surface area contributed by atoms with E-state index in [1.807, 2.05) is 6.08 Å². The van der Waals surface area contributed by atoms with Crippen molar-refractivity contribution in [2.75, 3.05) is 26.2 Å². The van der Waals surface area contributed by atoms with Crippen LogP contribution in [0.25, 0.3) is 0 Å². The molecule has 2 amide bonds. The molecule has 0 spiro atoms. The van der Waals surface area contributed by atoms with Crippen molar-refractivity contribution in [3.05, 3.63) is 36.6 Å². The predicted octanol–water partition coefficient (Wildman–Crippen LogP) is 2.37. The van der Waals surface area contributed by atoms with Crippen molar-refractivity contribution in [2.45, 2.75) is 44.6 Å². The zero-order valence-corrected chi connectivity index (χ0v) is 16.0. The molecular formula is C20H32N3O4+. The zero-order chi connectivity index (χ0) is 19.5. The Kier molecular flexibility index (Phi) is 8.91. The Balaban J connectivity index is 1.61. The topological polar surface area (TPSA) is 95.5 Å². The molecule has 0 aromatic rings. The third kappa shape index (κ3) is 7.46. The normalized spacial score (nSPS) is 23.3. The van der Waals surface area contributed by atoms with E-state index < -0.39 is 6.09 Å². The van der Waals surface area contributed by atoms with Crippen molar-refractivity contribution in [1.82, 2.24) is 10.2 Å². The van der Waals surface area contributed by atoms with Crippen molar-refractivity contribution in [1.29, 1.82) is 0 Å². The number of allylic oxidation sites excluding steroid dienone is 2. The fraction of sp³-hybridized carbons (Fsp3) is 0.600. The molecule has 27 heavy (non-hydrogen) atoms. The van der Waals surface area contributed by atoms with Crippen molar-refractivity contribution in [3.63, 3.8) is 0 Å². The quantitative estimate of drug-likeness (QED) is 0.665. The highest BCUT2D eigenvalue weighted by molar-refractivity contribution is 5.68. The second-order valence-corrected chi connectivity index (χ2v) is 7.05. The van der Waals surface area contributed by atoms with Gasteiger partial charge in [-0.3, -0.25) is 0 Å². The number of alkyl carbamates (subject to hydrolysis) is 1. The molecule has 1 aliphatic carbocycles. The SMILES string of the molecule is C=CC(=CC=C[NH3+])CNC(=O)OC1CCC(COC(=O)N2CCCC2)CC1. The van der Waals surface area contributed by atoms with Crippen LogP contribution in [0.3, 0.4) is 0 Å². The van der Waals surface area contributed by atoms with Gasteiger partial charge < -0.3 is 25.4 Å². The molecule has 4 N–H and O–H groups in total. The maximum absolute atomic E-state index is 11.9. The van der Waals surface area contributed by atoms with Crippen LogP contribution in [0.15, 0.2) is 36.6 Å². The highest BCUT2D eigenvalue weighted by Crippen LogP contribution is 2.27. The summed E-state index contributed by atoms with van der Waals surface area (Å²) >= 11 is 0. The minimum absolute atomic E-state index is 0.0774. The van der Waals surface area contributed by atoms with Crippen LogP contribution in [0.2, 0.25) is 0 Å². The molecular weight excluding hydrogens is 346 g/mol.